The Bertz CT molecular complexity index is 853. The Kier molecular flexibility index (Phi) is 7.64. The maximum atomic E-state index is 13.2. The summed E-state index contributed by atoms with van der Waals surface area (Å²) in [4.78, 5) is 17.8. The second kappa shape index (κ2) is 10.1. The van der Waals surface area contributed by atoms with Crippen LogP contribution in [0.15, 0.2) is 16.3 Å². The fourth-order valence-electron chi connectivity index (χ4n) is 5.40. The van der Waals surface area contributed by atoms with E-state index in [0.717, 1.165) is 50.1 Å². The monoisotopic (exact) mass is 487 g/mol. The first-order valence-corrected chi connectivity index (χ1v) is 14.3. The normalized spacial score (nSPS) is 24.4. The Balaban J connectivity index is 1.27. The van der Waals surface area contributed by atoms with Crippen molar-refractivity contribution < 1.29 is 13.2 Å². The van der Waals surface area contributed by atoms with Crippen LogP contribution in [0, 0.1) is 11.8 Å². The van der Waals surface area contributed by atoms with Crippen LogP contribution in [0.3, 0.4) is 0 Å². The molecule has 3 aliphatic heterocycles. The van der Waals surface area contributed by atoms with Gasteiger partial charge in [-0.2, -0.15) is 4.31 Å². The van der Waals surface area contributed by atoms with Crippen LogP contribution < -0.4 is 0 Å². The highest BCUT2D eigenvalue weighted by atomic mass is 35.5. The molecule has 1 aromatic rings. The molecule has 9 heteroatoms. The van der Waals surface area contributed by atoms with Crippen LogP contribution in [-0.2, 0) is 14.8 Å². The molecule has 1 unspecified atom stereocenters. The van der Waals surface area contributed by atoms with Crippen LogP contribution in [0.25, 0.3) is 0 Å². The number of hydrogen-bond donors (Lipinski definition) is 0. The molecule has 0 aliphatic carbocycles. The van der Waals surface area contributed by atoms with Crippen molar-refractivity contribution in [2.45, 2.75) is 62.1 Å². The molecule has 3 saturated heterocycles. The van der Waals surface area contributed by atoms with Crippen molar-refractivity contribution >= 4 is 38.9 Å². The first-order chi connectivity index (χ1) is 14.9. The number of carbonyl (C=O) groups is 1. The van der Waals surface area contributed by atoms with Gasteiger partial charge in [0.05, 0.1) is 4.34 Å². The van der Waals surface area contributed by atoms with Gasteiger partial charge in [0.2, 0.25) is 5.91 Å². The second-order valence-corrected chi connectivity index (χ2v) is 13.1. The van der Waals surface area contributed by atoms with Gasteiger partial charge in [-0.05, 0) is 69.7 Å². The van der Waals surface area contributed by atoms with E-state index in [1.807, 2.05) is 6.92 Å². The number of thiophene rings is 1. The van der Waals surface area contributed by atoms with Crippen LogP contribution >= 0.6 is 22.9 Å². The third-order valence-corrected chi connectivity index (χ3v) is 11.0. The average Bonchev–Trinajstić information content (AvgIpc) is 3.26. The number of amides is 1. The van der Waals surface area contributed by atoms with Gasteiger partial charge in [-0.25, -0.2) is 8.42 Å². The zero-order chi connectivity index (χ0) is 22.0. The lowest BCUT2D eigenvalue weighted by Gasteiger charge is -2.41. The summed E-state index contributed by atoms with van der Waals surface area (Å²) in [7, 11) is -3.48. The smallest absolute Gasteiger partial charge is 0.252 e. The van der Waals surface area contributed by atoms with Crippen molar-refractivity contribution in [3.63, 3.8) is 0 Å². The first-order valence-electron chi connectivity index (χ1n) is 11.6. The molecular formula is C22H34ClN3O3S2. The van der Waals surface area contributed by atoms with E-state index in [9.17, 15) is 13.2 Å². The number of halogens is 1. The summed E-state index contributed by atoms with van der Waals surface area (Å²) in [6.07, 6.45) is 7.60. The highest BCUT2D eigenvalue weighted by Crippen LogP contribution is 2.33. The van der Waals surface area contributed by atoms with E-state index in [0.29, 0.717) is 27.7 Å². The van der Waals surface area contributed by atoms with Gasteiger partial charge in [0.15, 0.2) is 0 Å². The largest absolute Gasteiger partial charge is 0.342 e. The Morgan fingerprint density at radius 1 is 1.00 bits per heavy atom. The van der Waals surface area contributed by atoms with Gasteiger partial charge in [0.25, 0.3) is 10.0 Å². The topological polar surface area (TPSA) is 60.9 Å². The van der Waals surface area contributed by atoms with Crippen LogP contribution in [0.1, 0.15) is 51.9 Å². The van der Waals surface area contributed by atoms with E-state index in [2.05, 4.69) is 9.80 Å². The van der Waals surface area contributed by atoms with Crippen molar-refractivity contribution in [2.24, 2.45) is 11.8 Å². The Morgan fingerprint density at radius 2 is 1.65 bits per heavy atom. The zero-order valence-electron chi connectivity index (χ0n) is 18.3. The Hall–Kier alpha value is -0.670. The Morgan fingerprint density at radius 3 is 2.23 bits per heavy atom. The molecule has 0 N–H and O–H groups in total. The maximum absolute atomic E-state index is 13.2. The number of hydrogen-bond acceptors (Lipinski definition) is 5. The van der Waals surface area contributed by atoms with Crippen molar-refractivity contribution in [1.82, 2.24) is 14.1 Å². The number of sulfonamides is 1. The van der Waals surface area contributed by atoms with Gasteiger partial charge < -0.3 is 9.80 Å². The highest BCUT2D eigenvalue weighted by molar-refractivity contribution is 7.91. The van der Waals surface area contributed by atoms with Gasteiger partial charge in [0, 0.05) is 38.1 Å². The quantitative estimate of drug-likeness (QED) is 0.631. The molecule has 4 rings (SSSR count). The zero-order valence-corrected chi connectivity index (χ0v) is 20.7. The molecule has 3 fully saturated rings. The first kappa shape index (κ1) is 23.5. The predicted molar refractivity (Wildman–Crippen MR) is 125 cm³/mol. The standard InChI is InChI=1S/C22H34ClN3O3S2/c1-17(22(27)25-13-9-19(10-14-25)24-11-3-2-4-12-24)18-7-15-26(16-8-18)31(28,29)21-6-5-20(23)30-21/h5-6,17-19H,2-4,7-16H2,1H3. The van der Waals surface area contributed by atoms with Crippen LogP contribution in [0.2, 0.25) is 4.34 Å². The van der Waals surface area contributed by atoms with Gasteiger partial charge in [-0.3, -0.25) is 4.79 Å². The lowest BCUT2D eigenvalue weighted by atomic mass is 9.84. The van der Waals surface area contributed by atoms with Crippen LogP contribution in [0.5, 0.6) is 0 Å². The van der Waals surface area contributed by atoms with E-state index >= 15 is 0 Å². The molecule has 0 radical (unpaired) electrons. The van der Waals surface area contributed by atoms with Crippen molar-refractivity contribution in [3.8, 4) is 0 Å². The molecule has 0 bridgehead atoms. The number of nitrogens with zero attached hydrogens (tertiary/aromatic N) is 3. The summed E-state index contributed by atoms with van der Waals surface area (Å²) in [5.74, 6) is 0.446. The van der Waals surface area contributed by atoms with Gasteiger partial charge in [0.1, 0.15) is 4.21 Å². The molecule has 174 valence electrons. The van der Waals surface area contributed by atoms with Crippen LogP contribution in [-0.4, -0.2) is 73.7 Å². The predicted octanol–water partition coefficient (Wildman–Crippen LogP) is 3.92. The summed E-state index contributed by atoms with van der Waals surface area (Å²) in [6.45, 7) is 7.12. The fraction of sp³-hybridized carbons (Fsp3) is 0.773. The van der Waals surface area contributed by atoms with E-state index in [1.165, 1.54) is 32.4 Å². The van der Waals surface area contributed by atoms with E-state index < -0.39 is 10.0 Å². The van der Waals surface area contributed by atoms with Crippen molar-refractivity contribution in [1.29, 1.82) is 0 Å². The average molecular weight is 488 g/mol. The highest BCUT2D eigenvalue weighted by Gasteiger charge is 2.36. The minimum atomic E-state index is -3.48. The molecule has 1 amide bonds. The number of carbonyl (C=O) groups excluding carboxylic acids is 1. The number of likely N-dealkylation sites (tertiary alicyclic amines) is 2. The van der Waals surface area contributed by atoms with Crippen molar-refractivity contribution in [3.05, 3.63) is 16.5 Å². The second-order valence-electron chi connectivity index (χ2n) is 9.24. The molecule has 0 spiro atoms. The fourth-order valence-corrected chi connectivity index (χ4v) is 8.51. The van der Waals surface area contributed by atoms with E-state index in [4.69, 9.17) is 11.6 Å². The van der Waals surface area contributed by atoms with Gasteiger partial charge in [-0.15, -0.1) is 11.3 Å². The minimum absolute atomic E-state index is 0.0485. The SMILES string of the molecule is CC(C(=O)N1CCC(N2CCCCC2)CC1)C1CCN(S(=O)(=O)c2ccc(Cl)s2)CC1. The molecule has 6 nitrogen and oxygen atoms in total. The molecule has 31 heavy (non-hydrogen) atoms. The summed E-state index contributed by atoms with van der Waals surface area (Å²) >= 11 is 7.02. The molecular weight excluding hydrogens is 454 g/mol. The lowest BCUT2D eigenvalue weighted by molar-refractivity contribution is -0.138. The third kappa shape index (κ3) is 5.29. The maximum Gasteiger partial charge on any atom is 0.252 e. The molecule has 0 saturated carbocycles. The third-order valence-electron chi connectivity index (χ3n) is 7.42. The molecule has 4 heterocycles. The van der Waals surface area contributed by atoms with Gasteiger partial charge >= 0.3 is 0 Å². The Labute approximate surface area is 195 Å². The minimum Gasteiger partial charge on any atom is -0.342 e. The van der Waals surface area contributed by atoms with E-state index in [1.54, 1.807) is 16.4 Å². The lowest BCUT2D eigenvalue weighted by Crippen LogP contribution is -2.50. The molecule has 0 aromatic carbocycles. The summed E-state index contributed by atoms with van der Waals surface area (Å²) in [5, 5.41) is 0. The van der Waals surface area contributed by atoms with Gasteiger partial charge in [-0.1, -0.05) is 24.9 Å². The summed E-state index contributed by atoms with van der Waals surface area (Å²) in [5.41, 5.74) is 0. The molecule has 3 aliphatic rings. The number of piperidine rings is 3. The summed E-state index contributed by atoms with van der Waals surface area (Å²) in [6, 6.07) is 3.84. The van der Waals surface area contributed by atoms with Crippen LogP contribution in [0.4, 0.5) is 0 Å². The van der Waals surface area contributed by atoms with E-state index in [-0.39, 0.29) is 17.7 Å². The molecule has 1 atom stereocenters. The number of rotatable bonds is 5. The summed E-state index contributed by atoms with van der Waals surface area (Å²) < 4.78 is 28.0. The van der Waals surface area contributed by atoms with Crippen molar-refractivity contribution in [2.75, 3.05) is 39.3 Å². The molecule has 1 aromatic heterocycles.